The van der Waals surface area contributed by atoms with Gasteiger partial charge in [0.1, 0.15) is 11.6 Å². The Morgan fingerprint density at radius 1 is 1.00 bits per heavy atom. The van der Waals surface area contributed by atoms with Gasteiger partial charge in [-0.25, -0.2) is 4.98 Å². The van der Waals surface area contributed by atoms with Crippen molar-refractivity contribution in [3.8, 4) is 5.75 Å². The van der Waals surface area contributed by atoms with Gasteiger partial charge in [0, 0.05) is 26.0 Å². The van der Waals surface area contributed by atoms with Crippen molar-refractivity contribution < 1.29 is 9.53 Å². The maximum absolute atomic E-state index is 13.4. The summed E-state index contributed by atoms with van der Waals surface area (Å²) in [7, 11) is 4.01. The zero-order chi connectivity index (χ0) is 21.7. The molecule has 0 N–H and O–H groups in total. The summed E-state index contributed by atoms with van der Waals surface area (Å²) < 4.78 is 6.05. The summed E-state index contributed by atoms with van der Waals surface area (Å²) in [4.78, 5) is 21.5. The third kappa shape index (κ3) is 4.98. The fourth-order valence-corrected chi connectivity index (χ4v) is 3.18. The number of anilines is 2. The van der Waals surface area contributed by atoms with E-state index in [4.69, 9.17) is 4.74 Å². The number of aromatic nitrogens is 1. The number of ether oxygens (including phenoxy) is 1. The molecule has 1 heterocycles. The van der Waals surface area contributed by atoms with Crippen LogP contribution in [0.25, 0.3) is 0 Å². The maximum Gasteiger partial charge on any atom is 0.269 e. The number of pyridine rings is 1. The molecule has 0 fully saturated rings. The van der Waals surface area contributed by atoms with Gasteiger partial charge in [0.15, 0.2) is 6.10 Å². The lowest BCUT2D eigenvalue weighted by Crippen LogP contribution is -2.40. The average Bonchev–Trinajstić information content (AvgIpc) is 2.75. The topological polar surface area (TPSA) is 45.7 Å². The van der Waals surface area contributed by atoms with E-state index < -0.39 is 6.10 Å². The van der Waals surface area contributed by atoms with Crippen LogP contribution in [0.5, 0.6) is 5.75 Å². The van der Waals surface area contributed by atoms with E-state index in [0.717, 1.165) is 28.1 Å². The normalized spacial score (nSPS) is 11.6. The molecule has 5 nitrogen and oxygen atoms in total. The maximum atomic E-state index is 13.4. The minimum absolute atomic E-state index is 0.133. The molecule has 0 aliphatic carbocycles. The Labute approximate surface area is 178 Å². The molecular formula is C25H29N3O2. The first-order chi connectivity index (χ1) is 14.4. The number of amides is 1. The van der Waals surface area contributed by atoms with Crippen LogP contribution in [0.4, 0.5) is 11.5 Å². The third-order valence-electron chi connectivity index (χ3n) is 5.19. The molecule has 1 unspecified atom stereocenters. The van der Waals surface area contributed by atoms with Gasteiger partial charge in [-0.3, -0.25) is 9.69 Å². The van der Waals surface area contributed by atoms with E-state index in [9.17, 15) is 4.79 Å². The second-order valence-electron chi connectivity index (χ2n) is 7.63. The molecule has 2 aromatic carbocycles. The predicted octanol–water partition coefficient (Wildman–Crippen LogP) is 4.77. The highest BCUT2D eigenvalue weighted by molar-refractivity contribution is 5.95. The SMILES string of the molecule is Cc1cccc(OC(C)C(=O)N(Cc2ccc(N(C)C)cc2)c2ccccn2)c1C. The molecule has 5 heteroatoms. The summed E-state index contributed by atoms with van der Waals surface area (Å²) in [5.74, 6) is 1.20. The zero-order valence-corrected chi connectivity index (χ0v) is 18.3. The number of carbonyl (C=O) groups is 1. The minimum Gasteiger partial charge on any atom is -0.481 e. The van der Waals surface area contributed by atoms with Crippen LogP contribution in [-0.2, 0) is 11.3 Å². The second kappa shape index (κ2) is 9.44. The van der Waals surface area contributed by atoms with Crippen molar-refractivity contribution >= 4 is 17.4 Å². The third-order valence-corrected chi connectivity index (χ3v) is 5.19. The molecule has 0 saturated carbocycles. The molecule has 156 valence electrons. The van der Waals surface area contributed by atoms with Crippen LogP contribution in [0.3, 0.4) is 0 Å². The molecule has 3 aromatic rings. The first kappa shape index (κ1) is 21.4. The summed E-state index contributed by atoms with van der Waals surface area (Å²) in [6.07, 6.45) is 1.05. The number of nitrogens with zero attached hydrogens (tertiary/aromatic N) is 3. The first-order valence-corrected chi connectivity index (χ1v) is 10.1. The van der Waals surface area contributed by atoms with Gasteiger partial charge >= 0.3 is 0 Å². The summed E-state index contributed by atoms with van der Waals surface area (Å²) >= 11 is 0. The number of rotatable bonds is 7. The van der Waals surface area contributed by atoms with E-state index in [0.29, 0.717) is 12.4 Å². The van der Waals surface area contributed by atoms with Crippen LogP contribution in [0, 0.1) is 13.8 Å². The molecule has 1 amide bonds. The lowest BCUT2D eigenvalue weighted by Gasteiger charge is -2.26. The molecule has 0 aliphatic rings. The largest absolute Gasteiger partial charge is 0.481 e. The molecule has 0 aliphatic heterocycles. The van der Waals surface area contributed by atoms with Crippen molar-refractivity contribution in [1.82, 2.24) is 4.98 Å². The van der Waals surface area contributed by atoms with Crippen LogP contribution in [0.1, 0.15) is 23.6 Å². The number of hydrogen-bond donors (Lipinski definition) is 0. The van der Waals surface area contributed by atoms with Crippen molar-refractivity contribution in [3.05, 3.63) is 83.6 Å². The van der Waals surface area contributed by atoms with Gasteiger partial charge in [-0.15, -0.1) is 0 Å². The molecular weight excluding hydrogens is 374 g/mol. The highest BCUT2D eigenvalue weighted by Gasteiger charge is 2.25. The number of benzene rings is 2. The smallest absolute Gasteiger partial charge is 0.269 e. The Morgan fingerprint density at radius 3 is 2.37 bits per heavy atom. The lowest BCUT2D eigenvalue weighted by atomic mass is 10.1. The van der Waals surface area contributed by atoms with Gasteiger partial charge < -0.3 is 9.64 Å². The van der Waals surface area contributed by atoms with Gasteiger partial charge in [-0.1, -0.05) is 30.3 Å². The van der Waals surface area contributed by atoms with Crippen LogP contribution in [0.2, 0.25) is 0 Å². The van der Waals surface area contributed by atoms with Crippen LogP contribution in [0.15, 0.2) is 66.9 Å². The Morgan fingerprint density at radius 2 is 1.73 bits per heavy atom. The van der Waals surface area contributed by atoms with Gasteiger partial charge in [-0.05, 0) is 67.8 Å². The summed E-state index contributed by atoms with van der Waals surface area (Å²) in [6.45, 7) is 6.25. The Bertz CT molecular complexity index is 985. The summed E-state index contributed by atoms with van der Waals surface area (Å²) in [6, 6.07) is 19.6. The van der Waals surface area contributed by atoms with E-state index in [-0.39, 0.29) is 5.91 Å². The van der Waals surface area contributed by atoms with Crippen LogP contribution in [-0.4, -0.2) is 31.1 Å². The standard InChI is InChI=1S/C25H29N3O2/c1-18-9-8-10-23(19(18)2)30-20(3)25(29)28(24-11-6-7-16-26-24)17-21-12-14-22(15-13-21)27(4)5/h6-16,20H,17H2,1-5H3. The Balaban J connectivity index is 1.84. The molecule has 1 aromatic heterocycles. The predicted molar refractivity (Wildman–Crippen MR) is 122 cm³/mol. The second-order valence-corrected chi connectivity index (χ2v) is 7.63. The highest BCUT2D eigenvalue weighted by atomic mass is 16.5. The van der Waals surface area contributed by atoms with Crippen LogP contribution >= 0.6 is 0 Å². The fraction of sp³-hybridized carbons (Fsp3) is 0.280. The Hall–Kier alpha value is -3.34. The molecule has 3 rings (SSSR count). The monoisotopic (exact) mass is 403 g/mol. The van der Waals surface area contributed by atoms with E-state index in [2.05, 4.69) is 4.98 Å². The average molecular weight is 404 g/mol. The van der Waals surface area contributed by atoms with E-state index in [1.807, 2.05) is 93.5 Å². The molecule has 0 bridgehead atoms. The van der Waals surface area contributed by atoms with Crippen molar-refractivity contribution in [2.45, 2.75) is 33.4 Å². The Kier molecular flexibility index (Phi) is 6.72. The molecule has 0 spiro atoms. The fourth-order valence-electron chi connectivity index (χ4n) is 3.18. The number of carbonyl (C=O) groups excluding carboxylic acids is 1. The van der Waals surface area contributed by atoms with E-state index >= 15 is 0 Å². The van der Waals surface area contributed by atoms with Crippen LogP contribution < -0.4 is 14.5 Å². The number of aryl methyl sites for hydroxylation is 1. The summed E-state index contributed by atoms with van der Waals surface area (Å²) in [5, 5.41) is 0. The number of hydrogen-bond acceptors (Lipinski definition) is 4. The van der Waals surface area contributed by atoms with Gasteiger partial charge in [0.2, 0.25) is 0 Å². The molecule has 1 atom stereocenters. The first-order valence-electron chi connectivity index (χ1n) is 10.1. The molecule has 0 saturated heterocycles. The minimum atomic E-state index is -0.645. The van der Waals surface area contributed by atoms with Crippen molar-refractivity contribution in [3.63, 3.8) is 0 Å². The van der Waals surface area contributed by atoms with E-state index in [1.165, 1.54) is 0 Å². The van der Waals surface area contributed by atoms with Gasteiger partial charge in [-0.2, -0.15) is 0 Å². The van der Waals surface area contributed by atoms with E-state index in [1.54, 1.807) is 18.0 Å². The molecule has 0 radical (unpaired) electrons. The van der Waals surface area contributed by atoms with Gasteiger partial charge in [0.05, 0.1) is 6.54 Å². The van der Waals surface area contributed by atoms with Crippen molar-refractivity contribution in [2.75, 3.05) is 23.9 Å². The molecule has 30 heavy (non-hydrogen) atoms. The van der Waals surface area contributed by atoms with Crippen molar-refractivity contribution in [1.29, 1.82) is 0 Å². The van der Waals surface area contributed by atoms with Gasteiger partial charge in [0.25, 0.3) is 5.91 Å². The zero-order valence-electron chi connectivity index (χ0n) is 18.3. The van der Waals surface area contributed by atoms with Crippen molar-refractivity contribution in [2.24, 2.45) is 0 Å². The summed E-state index contributed by atoms with van der Waals surface area (Å²) in [5.41, 5.74) is 4.31. The quantitative estimate of drug-likeness (QED) is 0.570. The lowest BCUT2D eigenvalue weighted by molar-refractivity contribution is -0.124. The highest BCUT2D eigenvalue weighted by Crippen LogP contribution is 2.24.